The number of ether oxygens (including phenoxy) is 1. The summed E-state index contributed by atoms with van der Waals surface area (Å²) < 4.78 is 5.64. The molecule has 2 N–H and O–H groups in total. The summed E-state index contributed by atoms with van der Waals surface area (Å²) in [7, 11) is 0. The van der Waals surface area contributed by atoms with Crippen LogP contribution in [0.25, 0.3) is 0 Å². The molecular weight excluding hydrogens is 322 g/mol. The average Bonchev–Trinajstić information content (AvgIpc) is 2.54. The number of hydrogen-bond acceptors (Lipinski definition) is 4. The van der Waals surface area contributed by atoms with Gasteiger partial charge in [-0.05, 0) is 75.7 Å². The van der Waals surface area contributed by atoms with Crippen LogP contribution >= 0.6 is 11.8 Å². The molecule has 1 amide bonds. The van der Waals surface area contributed by atoms with Crippen molar-refractivity contribution in [3.63, 3.8) is 0 Å². The van der Waals surface area contributed by atoms with Gasteiger partial charge in [-0.2, -0.15) is 11.8 Å². The van der Waals surface area contributed by atoms with Crippen LogP contribution in [0.4, 0.5) is 0 Å². The third kappa shape index (κ3) is 5.71. The lowest BCUT2D eigenvalue weighted by Crippen LogP contribution is -2.51. The number of amides is 1. The molecule has 5 heteroatoms. The van der Waals surface area contributed by atoms with E-state index in [1.807, 2.05) is 32.9 Å². The third-order valence-corrected chi connectivity index (χ3v) is 5.27. The number of benzene rings is 1. The first kappa shape index (κ1) is 19.1. The Kier molecular flexibility index (Phi) is 6.99. The van der Waals surface area contributed by atoms with Crippen LogP contribution in [-0.2, 0) is 11.2 Å². The number of carbonyl (C=O) groups excluding carboxylic acids is 1. The number of thioether (sulfide) groups is 1. The van der Waals surface area contributed by atoms with Gasteiger partial charge in [-0.15, -0.1) is 0 Å². The van der Waals surface area contributed by atoms with Crippen LogP contribution in [0.15, 0.2) is 24.3 Å². The van der Waals surface area contributed by atoms with Crippen LogP contribution in [-0.4, -0.2) is 40.3 Å². The topological polar surface area (TPSA) is 58.6 Å². The van der Waals surface area contributed by atoms with Crippen molar-refractivity contribution >= 4 is 17.7 Å². The minimum Gasteiger partial charge on any atom is -0.491 e. The van der Waals surface area contributed by atoms with Gasteiger partial charge in [0.1, 0.15) is 11.4 Å². The fourth-order valence-electron chi connectivity index (χ4n) is 2.76. The van der Waals surface area contributed by atoms with E-state index in [9.17, 15) is 9.90 Å². The van der Waals surface area contributed by atoms with Gasteiger partial charge in [0.25, 0.3) is 5.91 Å². The first-order valence-electron chi connectivity index (χ1n) is 8.76. The molecule has 0 unspecified atom stereocenters. The van der Waals surface area contributed by atoms with Gasteiger partial charge < -0.3 is 15.2 Å². The number of nitrogens with one attached hydrogen (secondary N) is 1. The van der Waals surface area contributed by atoms with E-state index < -0.39 is 5.60 Å². The molecule has 4 nitrogen and oxygen atoms in total. The largest absolute Gasteiger partial charge is 0.491 e. The third-order valence-electron chi connectivity index (χ3n) is 4.28. The molecule has 24 heavy (non-hydrogen) atoms. The van der Waals surface area contributed by atoms with E-state index in [1.165, 1.54) is 5.56 Å². The maximum Gasteiger partial charge on any atom is 0.252 e. The van der Waals surface area contributed by atoms with E-state index in [0.717, 1.165) is 30.1 Å². The molecule has 134 valence electrons. The summed E-state index contributed by atoms with van der Waals surface area (Å²) in [5.74, 6) is 2.37. The fraction of sp³-hybridized carbons (Fsp3) is 0.632. The van der Waals surface area contributed by atoms with E-state index >= 15 is 0 Å². The molecule has 1 aromatic rings. The molecule has 0 radical (unpaired) electrons. The van der Waals surface area contributed by atoms with Crippen molar-refractivity contribution in [2.24, 2.45) is 0 Å². The first-order valence-corrected chi connectivity index (χ1v) is 9.91. The highest BCUT2D eigenvalue weighted by Crippen LogP contribution is 2.27. The van der Waals surface area contributed by atoms with Crippen molar-refractivity contribution < 1.29 is 14.6 Å². The number of aliphatic hydroxyl groups is 1. The first-order chi connectivity index (χ1) is 11.4. The molecule has 0 saturated carbocycles. The Bertz CT molecular complexity index is 524. The molecule has 1 fully saturated rings. The van der Waals surface area contributed by atoms with Crippen molar-refractivity contribution in [3.05, 3.63) is 29.8 Å². The molecule has 1 aliphatic rings. The van der Waals surface area contributed by atoms with Gasteiger partial charge in [0.2, 0.25) is 0 Å². The van der Waals surface area contributed by atoms with E-state index in [0.29, 0.717) is 12.8 Å². The van der Waals surface area contributed by atoms with Crippen molar-refractivity contribution in [1.29, 1.82) is 0 Å². The van der Waals surface area contributed by atoms with Crippen LogP contribution in [0.5, 0.6) is 5.75 Å². The number of carbonyl (C=O) groups is 1. The Balaban J connectivity index is 1.78. The normalized spacial score (nSPS) is 18.2. The lowest BCUT2D eigenvalue weighted by Gasteiger charge is -2.31. The van der Waals surface area contributed by atoms with E-state index in [-0.39, 0.29) is 18.1 Å². The van der Waals surface area contributed by atoms with Gasteiger partial charge in [-0.25, -0.2) is 0 Å². The Morgan fingerprint density at radius 3 is 2.46 bits per heavy atom. The van der Waals surface area contributed by atoms with Crippen molar-refractivity contribution in [2.75, 3.05) is 11.5 Å². The average molecular weight is 352 g/mol. The molecule has 1 heterocycles. The SMILES string of the molecule is CC(C)Oc1ccc(CC[C@H](C)NC(=O)C2(O)CCSCC2)cc1. The highest BCUT2D eigenvalue weighted by molar-refractivity contribution is 7.99. The number of aryl methyl sites for hydroxylation is 1. The predicted octanol–water partition coefficient (Wildman–Crippen LogP) is 3.17. The lowest BCUT2D eigenvalue weighted by atomic mass is 9.95. The summed E-state index contributed by atoms with van der Waals surface area (Å²) in [6.45, 7) is 6.02. The molecule has 1 aliphatic heterocycles. The van der Waals surface area contributed by atoms with Gasteiger partial charge in [0.15, 0.2) is 0 Å². The fourth-order valence-corrected chi connectivity index (χ4v) is 3.92. The lowest BCUT2D eigenvalue weighted by molar-refractivity contribution is -0.141. The monoisotopic (exact) mass is 351 g/mol. The van der Waals surface area contributed by atoms with Gasteiger partial charge in [-0.1, -0.05) is 12.1 Å². The van der Waals surface area contributed by atoms with Crippen LogP contribution in [0.1, 0.15) is 45.6 Å². The van der Waals surface area contributed by atoms with Crippen LogP contribution < -0.4 is 10.1 Å². The molecule has 1 saturated heterocycles. The summed E-state index contributed by atoms with van der Waals surface area (Å²) >= 11 is 1.80. The van der Waals surface area contributed by atoms with Crippen molar-refractivity contribution in [2.45, 2.75) is 64.2 Å². The smallest absolute Gasteiger partial charge is 0.252 e. The predicted molar refractivity (Wildman–Crippen MR) is 99.6 cm³/mol. The molecule has 1 aromatic carbocycles. The quantitative estimate of drug-likeness (QED) is 0.792. The second-order valence-corrected chi connectivity index (χ2v) is 8.09. The second kappa shape index (κ2) is 8.77. The summed E-state index contributed by atoms with van der Waals surface area (Å²) in [6.07, 6.45) is 3.01. The number of hydrogen-bond donors (Lipinski definition) is 2. The Labute approximate surface area is 149 Å². The maximum absolute atomic E-state index is 12.3. The van der Waals surface area contributed by atoms with Gasteiger partial charge >= 0.3 is 0 Å². The zero-order valence-electron chi connectivity index (χ0n) is 14.9. The molecule has 2 rings (SSSR count). The molecule has 0 spiro atoms. The highest BCUT2D eigenvalue weighted by Gasteiger charge is 2.37. The molecule has 0 aromatic heterocycles. The van der Waals surface area contributed by atoms with Crippen LogP contribution in [0.3, 0.4) is 0 Å². The molecule has 0 bridgehead atoms. The summed E-state index contributed by atoms with van der Waals surface area (Å²) in [5.41, 5.74) is 0.0509. The van der Waals surface area contributed by atoms with Crippen molar-refractivity contribution in [3.8, 4) is 5.75 Å². The highest BCUT2D eigenvalue weighted by atomic mass is 32.2. The van der Waals surface area contributed by atoms with Crippen LogP contribution in [0.2, 0.25) is 0 Å². The van der Waals surface area contributed by atoms with E-state index in [1.54, 1.807) is 11.8 Å². The summed E-state index contributed by atoms with van der Waals surface area (Å²) in [4.78, 5) is 12.3. The zero-order chi connectivity index (χ0) is 17.6. The number of rotatable bonds is 7. The standard InChI is InChI=1S/C19H29NO3S/c1-14(2)23-17-8-6-16(7-9-17)5-4-15(3)20-18(21)19(22)10-12-24-13-11-19/h6-9,14-15,22H,4-5,10-13H2,1-3H3,(H,20,21)/t15-/m0/s1. The Morgan fingerprint density at radius 1 is 1.25 bits per heavy atom. The van der Waals surface area contributed by atoms with Gasteiger partial charge in [0, 0.05) is 6.04 Å². The molecule has 0 aliphatic carbocycles. The molecular formula is C19H29NO3S. The van der Waals surface area contributed by atoms with Gasteiger partial charge in [0.05, 0.1) is 6.10 Å². The summed E-state index contributed by atoms with van der Waals surface area (Å²) in [5, 5.41) is 13.4. The Morgan fingerprint density at radius 2 is 1.88 bits per heavy atom. The Hall–Kier alpha value is -1.20. The summed E-state index contributed by atoms with van der Waals surface area (Å²) in [6, 6.07) is 8.15. The zero-order valence-corrected chi connectivity index (χ0v) is 15.7. The van der Waals surface area contributed by atoms with Crippen LogP contribution in [0, 0.1) is 0 Å². The molecule has 1 atom stereocenters. The second-order valence-electron chi connectivity index (χ2n) is 6.87. The van der Waals surface area contributed by atoms with Gasteiger partial charge in [-0.3, -0.25) is 4.79 Å². The van der Waals surface area contributed by atoms with E-state index in [2.05, 4.69) is 17.4 Å². The minimum absolute atomic E-state index is 0.0442. The van der Waals surface area contributed by atoms with Crippen molar-refractivity contribution in [1.82, 2.24) is 5.32 Å². The maximum atomic E-state index is 12.3. The van der Waals surface area contributed by atoms with E-state index in [4.69, 9.17) is 4.74 Å². The minimum atomic E-state index is -1.17.